The van der Waals surface area contributed by atoms with Gasteiger partial charge in [0.05, 0.1) is 0 Å². The molecular formula is C17H26N2O. The Balaban J connectivity index is 1.79. The Morgan fingerprint density at radius 1 is 1.15 bits per heavy atom. The maximum Gasteiger partial charge on any atom is 0.221 e. The van der Waals surface area contributed by atoms with E-state index in [1.807, 2.05) is 0 Å². The van der Waals surface area contributed by atoms with Gasteiger partial charge >= 0.3 is 0 Å². The third-order valence-corrected chi connectivity index (χ3v) is 4.05. The predicted molar refractivity (Wildman–Crippen MR) is 84.2 cm³/mol. The van der Waals surface area contributed by atoms with Gasteiger partial charge < -0.3 is 10.6 Å². The number of rotatable bonds is 5. The highest BCUT2D eigenvalue weighted by molar-refractivity contribution is 5.77. The molecule has 1 fully saturated rings. The van der Waals surface area contributed by atoms with Crippen molar-refractivity contribution in [2.45, 2.75) is 58.9 Å². The van der Waals surface area contributed by atoms with Gasteiger partial charge in [-0.25, -0.2) is 0 Å². The molecule has 0 atom stereocenters. The van der Waals surface area contributed by atoms with Crippen molar-refractivity contribution in [2.75, 3.05) is 11.9 Å². The summed E-state index contributed by atoms with van der Waals surface area (Å²) in [6.45, 7) is 7.03. The van der Waals surface area contributed by atoms with Crippen molar-refractivity contribution in [1.82, 2.24) is 5.32 Å². The van der Waals surface area contributed by atoms with Crippen LogP contribution in [0.1, 0.15) is 48.8 Å². The van der Waals surface area contributed by atoms with E-state index in [0.717, 1.165) is 12.8 Å². The van der Waals surface area contributed by atoms with Crippen LogP contribution >= 0.6 is 0 Å². The first-order chi connectivity index (χ1) is 9.56. The molecule has 0 aromatic heterocycles. The van der Waals surface area contributed by atoms with Crippen molar-refractivity contribution in [3.63, 3.8) is 0 Å². The molecule has 1 amide bonds. The van der Waals surface area contributed by atoms with Gasteiger partial charge in [-0.1, -0.05) is 30.5 Å². The normalized spacial score (nSPS) is 15.3. The summed E-state index contributed by atoms with van der Waals surface area (Å²) < 4.78 is 0. The molecule has 110 valence electrons. The summed E-state index contributed by atoms with van der Waals surface area (Å²) in [5.74, 6) is 0.173. The van der Waals surface area contributed by atoms with Gasteiger partial charge in [-0.05, 0) is 44.7 Å². The van der Waals surface area contributed by atoms with Crippen molar-refractivity contribution < 1.29 is 4.79 Å². The Bertz CT molecular complexity index is 453. The number of nitrogens with one attached hydrogen (secondary N) is 2. The molecule has 1 aliphatic rings. The summed E-state index contributed by atoms with van der Waals surface area (Å²) in [7, 11) is 0. The fraction of sp³-hybridized carbons (Fsp3) is 0.588. The van der Waals surface area contributed by atoms with E-state index < -0.39 is 0 Å². The minimum Gasteiger partial charge on any atom is -0.384 e. The zero-order valence-electron chi connectivity index (χ0n) is 12.9. The number of carbonyl (C=O) groups is 1. The third-order valence-electron chi connectivity index (χ3n) is 4.05. The molecule has 0 heterocycles. The second kappa shape index (κ2) is 6.78. The van der Waals surface area contributed by atoms with Crippen molar-refractivity contribution in [3.05, 3.63) is 28.8 Å². The molecule has 20 heavy (non-hydrogen) atoms. The zero-order chi connectivity index (χ0) is 14.5. The Morgan fingerprint density at radius 2 is 1.75 bits per heavy atom. The van der Waals surface area contributed by atoms with E-state index in [1.165, 1.54) is 35.2 Å². The van der Waals surface area contributed by atoms with Crippen LogP contribution in [0, 0.1) is 20.8 Å². The van der Waals surface area contributed by atoms with Crippen LogP contribution in [0.25, 0.3) is 0 Å². The molecule has 1 aromatic carbocycles. The first kappa shape index (κ1) is 14.9. The van der Waals surface area contributed by atoms with Crippen LogP contribution in [0.3, 0.4) is 0 Å². The number of benzene rings is 1. The van der Waals surface area contributed by atoms with Gasteiger partial charge in [-0.15, -0.1) is 0 Å². The molecule has 0 bridgehead atoms. The molecule has 0 aliphatic heterocycles. The molecule has 0 spiro atoms. The summed E-state index contributed by atoms with van der Waals surface area (Å²) >= 11 is 0. The van der Waals surface area contributed by atoms with Gasteiger partial charge in [-0.3, -0.25) is 4.79 Å². The number of carbonyl (C=O) groups excluding carboxylic acids is 1. The molecule has 3 nitrogen and oxygen atoms in total. The van der Waals surface area contributed by atoms with Crippen LogP contribution in [0.5, 0.6) is 0 Å². The highest BCUT2D eigenvalue weighted by atomic mass is 16.1. The maximum atomic E-state index is 11.9. The number of amides is 1. The van der Waals surface area contributed by atoms with E-state index in [1.54, 1.807) is 0 Å². The SMILES string of the molecule is Cc1cc(C)c(NCCC(=O)NC2CCCC2)c(C)c1. The van der Waals surface area contributed by atoms with E-state index in [0.29, 0.717) is 19.0 Å². The van der Waals surface area contributed by atoms with Crippen LogP contribution in [0.15, 0.2) is 12.1 Å². The third kappa shape index (κ3) is 3.99. The smallest absolute Gasteiger partial charge is 0.221 e. The molecule has 2 rings (SSSR count). The lowest BCUT2D eigenvalue weighted by Gasteiger charge is -2.15. The number of hydrogen-bond donors (Lipinski definition) is 2. The monoisotopic (exact) mass is 274 g/mol. The van der Waals surface area contributed by atoms with Crippen LogP contribution in [0.2, 0.25) is 0 Å². The minimum atomic E-state index is 0.173. The van der Waals surface area contributed by atoms with E-state index in [-0.39, 0.29) is 5.91 Å². The molecule has 0 saturated heterocycles. The van der Waals surface area contributed by atoms with Crippen molar-refractivity contribution in [2.24, 2.45) is 0 Å². The van der Waals surface area contributed by atoms with Gasteiger partial charge in [0, 0.05) is 24.7 Å². The van der Waals surface area contributed by atoms with Gasteiger partial charge in [-0.2, -0.15) is 0 Å². The largest absolute Gasteiger partial charge is 0.384 e. The lowest BCUT2D eigenvalue weighted by Crippen LogP contribution is -2.33. The van der Waals surface area contributed by atoms with E-state index in [4.69, 9.17) is 0 Å². The standard InChI is InChI=1S/C17H26N2O/c1-12-10-13(2)17(14(3)11-12)18-9-8-16(20)19-15-6-4-5-7-15/h10-11,15,18H,4-9H2,1-3H3,(H,19,20). The number of aryl methyl sites for hydroxylation is 3. The summed E-state index contributed by atoms with van der Waals surface area (Å²) in [5.41, 5.74) is 4.95. The molecule has 1 saturated carbocycles. The zero-order valence-corrected chi connectivity index (χ0v) is 12.9. The van der Waals surface area contributed by atoms with Gasteiger partial charge in [0.1, 0.15) is 0 Å². The van der Waals surface area contributed by atoms with E-state index >= 15 is 0 Å². The first-order valence-corrected chi connectivity index (χ1v) is 7.67. The highest BCUT2D eigenvalue weighted by Crippen LogP contribution is 2.22. The van der Waals surface area contributed by atoms with Gasteiger partial charge in [0.25, 0.3) is 0 Å². The lowest BCUT2D eigenvalue weighted by molar-refractivity contribution is -0.121. The van der Waals surface area contributed by atoms with Gasteiger partial charge in [0.2, 0.25) is 5.91 Å². The quantitative estimate of drug-likeness (QED) is 0.863. The molecule has 0 unspecified atom stereocenters. The second-order valence-electron chi connectivity index (χ2n) is 6.00. The van der Waals surface area contributed by atoms with Crippen molar-refractivity contribution in [1.29, 1.82) is 0 Å². The summed E-state index contributed by atoms with van der Waals surface area (Å²) in [6, 6.07) is 4.77. The van der Waals surface area contributed by atoms with E-state index in [2.05, 4.69) is 43.5 Å². The molecule has 2 N–H and O–H groups in total. The first-order valence-electron chi connectivity index (χ1n) is 7.67. The summed E-state index contributed by atoms with van der Waals surface area (Å²) in [4.78, 5) is 11.9. The fourth-order valence-electron chi connectivity index (χ4n) is 3.13. The minimum absolute atomic E-state index is 0.173. The van der Waals surface area contributed by atoms with Crippen LogP contribution in [-0.2, 0) is 4.79 Å². The second-order valence-corrected chi connectivity index (χ2v) is 6.00. The Kier molecular flexibility index (Phi) is 5.05. The average Bonchev–Trinajstić information content (AvgIpc) is 2.85. The lowest BCUT2D eigenvalue weighted by atomic mass is 10.1. The molecule has 1 aromatic rings. The maximum absolute atomic E-state index is 11.9. The average molecular weight is 274 g/mol. The van der Waals surface area contributed by atoms with Crippen LogP contribution in [0.4, 0.5) is 5.69 Å². The molecule has 1 aliphatic carbocycles. The Morgan fingerprint density at radius 3 is 2.35 bits per heavy atom. The number of hydrogen-bond acceptors (Lipinski definition) is 2. The Hall–Kier alpha value is -1.51. The molecule has 0 radical (unpaired) electrons. The summed E-state index contributed by atoms with van der Waals surface area (Å²) in [5, 5.41) is 6.53. The molecule has 3 heteroatoms. The fourth-order valence-corrected chi connectivity index (χ4v) is 3.13. The van der Waals surface area contributed by atoms with Crippen molar-refractivity contribution in [3.8, 4) is 0 Å². The van der Waals surface area contributed by atoms with Crippen LogP contribution in [-0.4, -0.2) is 18.5 Å². The van der Waals surface area contributed by atoms with Crippen molar-refractivity contribution >= 4 is 11.6 Å². The molecular weight excluding hydrogens is 248 g/mol. The highest BCUT2D eigenvalue weighted by Gasteiger charge is 2.16. The Labute approximate surface area is 122 Å². The van der Waals surface area contributed by atoms with Gasteiger partial charge in [0.15, 0.2) is 0 Å². The summed E-state index contributed by atoms with van der Waals surface area (Å²) in [6.07, 6.45) is 5.35. The van der Waals surface area contributed by atoms with E-state index in [9.17, 15) is 4.79 Å². The topological polar surface area (TPSA) is 41.1 Å². The number of anilines is 1. The van der Waals surface area contributed by atoms with Crippen LogP contribution < -0.4 is 10.6 Å². The predicted octanol–water partition coefficient (Wildman–Crippen LogP) is 3.47.